The van der Waals surface area contributed by atoms with Gasteiger partial charge in [0.1, 0.15) is 11.5 Å². The van der Waals surface area contributed by atoms with Crippen molar-refractivity contribution in [3.8, 4) is 11.5 Å². The Kier molecular flexibility index (Phi) is 23.8. The highest BCUT2D eigenvalue weighted by Crippen LogP contribution is 2.36. The highest BCUT2D eigenvalue weighted by Gasteiger charge is 2.45. The zero-order valence-corrected chi connectivity index (χ0v) is 62.0. The number of amides is 4. The number of halogens is 8. The second-order valence-electron chi connectivity index (χ2n) is 22.0. The third-order valence-corrected chi connectivity index (χ3v) is 21.6. The first-order valence-electron chi connectivity index (χ1n) is 25.1. The second-order valence-corrected chi connectivity index (χ2v) is 30.0. The summed E-state index contributed by atoms with van der Waals surface area (Å²) in [5.74, 6) is 2.26. The normalized spacial score (nSPS) is 21.7. The molecule has 78 heavy (non-hydrogen) atoms. The van der Waals surface area contributed by atoms with Crippen molar-refractivity contribution in [3.63, 3.8) is 0 Å². The van der Waals surface area contributed by atoms with Crippen LogP contribution in [0.5, 0.6) is 11.5 Å². The molecule has 8 rings (SSSR count). The van der Waals surface area contributed by atoms with E-state index in [9.17, 15) is 19.2 Å². The summed E-state index contributed by atoms with van der Waals surface area (Å²) in [6.45, 7) is 20.3. The maximum Gasteiger partial charge on any atom is 0.241 e. The molecule has 4 aromatic rings. The number of benzene rings is 4. The van der Waals surface area contributed by atoms with E-state index in [0.29, 0.717) is 19.3 Å². The first kappa shape index (κ1) is 67.8. The van der Waals surface area contributed by atoms with Gasteiger partial charge in [-0.1, -0.05) is 31.9 Å². The largest absolute Gasteiger partial charge is 0.495 e. The Morgan fingerprint density at radius 3 is 0.872 bits per heavy atom. The molecular formula is C56H72Br4I4N8O6. The molecule has 4 N–H and O–H groups in total. The topological polar surface area (TPSA) is 148 Å². The third kappa shape index (κ3) is 16.3. The van der Waals surface area contributed by atoms with Gasteiger partial charge in [0.15, 0.2) is 0 Å². The van der Waals surface area contributed by atoms with E-state index in [2.05, 4.69) is 219 Å². The van der Waals surface area contributed by atoms with Crippen LogP contribution in [0.4, 0.5) is 0 Å². The number of nitrogens with one attached hydrogen (secondary N) is 4. The number of methoxy groups -OCH3 is 2. The van der Waals surface area contributed by atoms with Gasteiger partial charge in [0, 0.05) is 44.3 Å². The fourth-order valence-corrected chi connectivity index (χ4v) is 16.5. The molecule has 4 aromatic carbocycles. The molecule has 4 heterocycles. The molecule has 4 aliphatic rings. The van der Waals surface area contributed by atoms with E-state index >= 15 is 0 Å². The Balaban J connectivity index is 0.000000192. The van der Waals surface area contributed by atoms with Crippen molar-refractivity contribution in [1.82, 2.24) is 40.9 Å². The van der Waals surface area contributed by atoms with E-state index in [4.69, 9.17) is 9.47 Å². The molecule has 4 fully saturated rings. The molecule has 0 unspecified atom stereocenters. The molecule has 0 spiro atoms. The summed E-state index contributed by atoms with van der Waals surface area (Å²) in [5, 5.41) is 13.5. The zero-order chi connectivity index (χ0) is 58.9. The van der Waals surface area contributed by atoms with Gasteiger partial charge in [-0.15, -0.1) is 0 Å². The van der Waals surface area contributed by atoms with Crippen LogP contribution in [0.15, 0.2) is 66.4 Å². The van der Waals surface area contributed by atoms with Crippen LogP contribution in [-0.2, 0) is 44.9 Å². The molecule has 0 aliphatic carbocycles. The summed E-state index contributed by atoms with van der Waals surface area (Å²) >= 11 is 23.3. The molecule has 428 valence electrons. The predicted molar refractivity (Wildman–Crippen MR) is 360 cm³/mol. The van der Waals surface area contributed by atoms with Gasteiger partial charge >= 0.3 is 0 Å². The Morgan fingerprint density at radius 2 is 0.641 bits per heavy atom. The monoisotopic (exact) mass is 1780 g/mol. The van der Waals surface area contributed by atoms with Gasteiger partial charge in [0.2, 0.25) is 23.6 Å². The molecule has 0 radical (unpaired) electrons. The minimum atomic E-state index is -0.303. The van der Waals surface area contributed by atoms with Crippen molar-refractivity contribution in [2.24, 2.45) is 0 Å². The molecule has 4 amide bonds. The predicted octanol–water partition coefficient (Wildman–Crippen LogP) is 11.7. The smallest absolute Gasteiger partial charge is 0.241 e. The molecule has 4 atom stereocenters. The summed E-state index contributed by atoms with van der Waals surface area (Å²) in [5.41, 5.74) is 5.95. The third-order valence-electron chi connectivity index (χ3n) is 14.9. The maximum atomic E-state index is 12.3. The lowest BCUT2D eigenvalue weighted by Crippen LogP contribution is -2.45. The molecule has 0 saturated carbocycles. The van der Waals surface area contributed by atoms with Crippen LogP contribution < -0.4 is 30.7 Å². The molecule has 0 aromatic heterocycles. The van der Waals surface area contributed by atoms with E-state index in [1.807, 2.05) is 103 Å². The van der Waals surface area contributed by atoms with Crippen LogP contribution in [0.2, 0.25) is 0 Å². The first-order chi connectivity index (χ1) is 36.0. The highest BCUT2D eigenvalue weighted by molar-refractivity contribution is 14.1. The van der Waals surface area contributed by atoms with Gasteiger partial charge in [-0.25, -0.2) is 0 Å². The first-order valence-corrected chi connectivity index (χ1v) is 32.6. The van der Waals surface area contributed by atoms with Crippen LogP contribution in [-0.4, -0.2) is 132 Å². The van der Waals surface area contributed by atoms with Gasteiger partial charge in [-0.2, -0.15) is 0 Å². The Morgan fingerprint density at radius 1 is 0.410 bits per heavy atom. The molecule has 0 bridgehead atoms. The van der Waals surface area contributed by atoms with E-state index in [-0.39, 0.29) is 70.4 Å². The van der Waals surface area contributed by atoms with Crippen LogP contribution in [0.3, 0.4) is 0 Å². The van der Waals surface area contributed by atoms with Crippen LogP contribution >= 0.6 is 154 Å². The average Bonchev–Trinajstić information content (AvgIpc) is 3.83. The number of nitrogens with zero attached hydrogens (tertiary/aromatic N) is 4. The molecule has 22 heteroatoms. The van der Waals surface area contributed by atoms with Gasteiger partial charge in [-0.3, -0.25) is 40.4 Å². The zero-order valence-electron chi connectivity index (χ0n) is 47.0. The number of carbonyl (C=O) groups excluding carboxylic acids is 4. The van der Waals surface area contributed by atoms with Crippen molar-refractivity contribution in [2.75, 3.05) is 42.4 Å². The van der Waals surface area contributed by atoms with Crippen LogP contribution in [0.1, 0.15) is 88.8 Å². The second kappa shape index (κ2) is 27.4. The van der Waals surface area contributed by atoms with E-state index in [0.717, 1.165) is 59.6 Å². The summed E-state index contributed by atoms with van der Waals surface area (Å²) in [6.07, 6.45) is 2.79. The van der Waals surface area contributed by atoms with Crippen LogP contribution in [0, 0.1) is 28.1 Å². The van der Waals surface area contributed by atoms with E-state index < -0.39 is 0 Å². The van der Waals surface area contributed by atoms with Crippen molar-refractivity contribution in [2.45, 2.75) is 142 Å². The van der Waals surface area contributed by atoms with Gasteiger partial charge < -0.3 is 29.1 Å². The lowest BCUT2D eigenvalue weighted by Gasteiger charge is -2.27. The number of hydrogen-bond donors (Lipinski definition) is 4. The number of hydrogen-bond acceptors (Lipinski definition) is 10. The SMILES string of the molecule is COc1c(Br)cc(C[C@@H]2NC(C)(C)N(C)C2=O)cc1Br.COc1c(I)cc(C[C@@H]2NC(C)(C)N(C)C2=O)cc1I.Cc1c(Br)cc(C[C@@H]2NC(C)(C)N(C)C2=O)cc1Br.Cc1c(I)cc(C[C@@H]2NC(C)(C)N(C)C2=O)cc1I. The minimum Gasteiger partial charge on any atom is -0.495 e. The lowest BCUT2D eigenvalue weighted by atomic mass is 10.0. The van der Waals surface area contributed by atoms with Crippen molar-refractivity contribution < 1.29 is 28.7 Å². The number of carbonyl (C=O) groups is 4. The van der Waals surface area contributed by atoms with Crippen molar-refractivity contribution in [3.05, 3.63) is 114 Å². The Labute approximate surface area is 550 Å². The lowest BCUT2D eigenvalue weighted by molar-refractivity contribution is -0.130. The molecule has 4 saturated heterocycles. The summed E-state index contributed by atoms with van der Waals surface area (Å²) < 4.78 is 19.2. The van der Waals surface area contributed by atoms with E-state index in [1.165, 1.54) is 23.8 Å². The number of ether oxygens (including phenoxy) is 2. The fourth-order valence-electron chi connectivity index (χ4n) is 9.35. The molecular weight excluding hydrogens is 1710 g/mol. The minimum absolute atomic E-state index is 0.116. The Hall–Kier alpha value is -0.960. The summed E-state index contributed by atoms with van der Waals surface area (Å²) in [7, 11) is 10.7. The van der Waals surface area contributed by atoms with E-state index in [1.54, 1.807) is 33.8 Å². The average molecular weight is 1780 g/mol. The fraction of sp³-hybridized carbons (Fsp3) is 0.500. The summed E-state index contributed by atoms with van der Waals surface area (Å²) in [6, 6.07) is 16.1. The van der Waals surface area contributed by atoms with Gasteiger partial charge in [0.05, 0.1) is 77.1 Å². The molecule has 14 nitrogen and oxygen atoms in total. The van der Waals surface area contributed by atoms with Crippen molar-refractivity contribution >= 4 is 178 Å². The Bertz CT molecular complexity index is 2640. The quantitative estimate of drug-likeness (QED) is 0.113. The standard InChI is InChI=1S/C14H18Br2N2O2.C14H18Br2N2O.C14H18I2N2O2.C14H18I2N2O/c1-14(2)17-11(13(19)18(14)3)7-8-5-9(15)12(20-4)10(16)6-8;1-8-10(15)5-9(6-11(8)16)7-12-13(19)18(4)14(2,3)17-12;1-14(2)17-11(13(19)18(14)3)7-8-5-9(15)12(20-4)10(16)6-8;1-8-10(15)5-9(6-11(8)16)7-12-13(19)18(4)14(2,3)17-12/h5-6,11,17H,7H2,1-4H3;5-6,12,17H,7H2,1-4H3;5-6,11,17H,7H2,1-4H3;5-6,12,17H,7H2,1-4H3/t11-;12-;11-;12-/m0000/s1. The van der Waals surface area contributed by atoms with Gasteiger partial charge in [-0.05, 0) is 299 Å². The summed E-state index contributed by atoms with van der Waals surface area (Å²) in [4.78, 5) is 56.0. The maximum absolute atomic E-state index is 12.3. The number of rotatable bonds is 10. The van der Waals surface area contributed by atoms with Crippen molar-refractivity contribution in [1.29, 1.82) is 0 Å². The highest BCUT2D eigenvalue weighted by atomic mass is 127. The van der Waals surface area contributed by atoms with Gasteiger partial charge in [0.25, 0.3) is 0 Å². The van der Waals surface area contributed by atoms with Crippen LogP contribution in [0.25, 0.3) is 0 Å². The number of likely N-dealkylation sites (N-methyl/N-ethyl adjacent to an activating group) is 4. The molecule has 4 aliphatic heterocycles.